The highest BCUT2D eigenvalue weighted by Crippen LogP contribution is 2.38. The fourth-order valence-electron chi connectivity index (χ4n) is 2.82. The first-order valence-corrected chi connectivity index (χ1v) is 7.65. The molecule has 0 saturated heterocycles. The number of aryl methyl sites for hydroxylation is 1. The molecule has 0 amide bonds. The summed E-state index contributed by atoms with van der Waals surface area (Å²) in [5.41, 5.74) is 7.13. The number of rotatable bonds is 3. The molecule has 4 rings (SSSR count). The van der Waals surface area contributed by atoms with Gasteiger partial charge >= 0.3 is 0 Å². The number of nitrogens with zero attached hydrogens (tertiary/aromatic N) is 4. The molecule has 3 N–H and O–H groups in total. The molecule has 1 aliphatic carbocycles. The zero-order valence-electron chi connectivity index (χ0n) is 13.0. The molecule has 24 heavy (non-hydrogen) atoms. The molecule has 0 bridgehead atoms. The van der Waals surface area contributed by atoms with E-state index in [4.69, 9.17) is 10.3 Å². The van der Waals surface area contributed by atoms with Crippen LogP contribution in [0.5, 0.6) is 5.75 Å². The molecule has 8 heteroatoms. The van der Waals surface area contributed by atoms with Crippen molar-refractivity contribution in [2.24, 2.45) is 5.73 Å². The SMILES string of the molecule is Cc1cc(F)ccc1-n1cc(O)c(-c2nc(C3(N)CCC3)no2)n1. The van der Waals surface area contributed by atoms with Crippen molar-refractivity contribution in [1.29, 1.82) is 0 Å². The van der Waals surface area contributed by atoms with Crippen molar-refractivity contribution in [3.05, 3.63) is 41.6 Å². The van der Waals surface area contributed by atoms with Gasteiger partial charge in [0, 0.05) is 0 Å². The molecule has 0 aliphatic heterocycles. The van der Waals surface area contributed by atoms with Crippen LogP contribution in [0.2, 0.25) is 0 Å². The van der Waals surface area contributed by atoms with Crippen LogP contribution >= 0.6 is 0 Å². The molecule has 1 fully saturated rings. The lowest BCUT2D eigenvalue weighted by molar-refractivity contribution is 0.229. The van der Waals surface area contributed by atoms with E-state index in [1.807, 2.05) is 0 Å². The zero-order chi connectivity index (χ0) is 16.9. The summed E-state index contributed by atoms with van der Waals surface area (Å²) in [5, 5.41) is 18.4. The largest absolute Gasteiger partial charge is 0.504 e. The van der Waals surface area contributed by atoms with Gasteiger partial charge in [-0.3, -0.25) is 0 Å². The molecule has 1 aromatic carbocycles. The predicted octanol–water partition coefficient (Wildman–Crippen LogP) is 2.41. The first-order chi connectivity index (χ1) is 11.5. The highest BCUT2D eigenvalue weighted by Gasteiger charge is 2.39. The van der Waals surface area contributed by atoms with Gasteiger partial charge in [0.1, 0.15) is 5.82 Å². The van der Waals surface area contributed by atoms with E-state index < -0.39 is 5.54 Å². The van der Waals surface area contributed by atoms with Gasteiger partial charge in [-0.25, -0.2) is 9.07 Å². The second-order valence-corrected chi connectivity index (χ2v) is 6.17. The molecule has 0 atom stereocenters. The summed E-state index contributed by atoms with van der Waals surface area (Å²) in [6, 6.07) is 4.32. The number of hydrogen-bond donors (Lipinski definition) is 2. The van der Waals surface area contributed by atoms with E-state index in [0.29, 0.717) is 17.1 Å². The van der Waals surface area contributed by atoms with Crippen molar-refractivity contribution in [2.75, 3.05) is 0 Å². The van der Waals surface area contributed by atoms with Gasteiger partial charge in [-0.15, -0.1) is 0 Å². The second-order valence-electron chi connectivity index (χ2n) is 6.17. The lowest BCUT2D eigenvalue weighted by atomic mass is 9.77. The van der Waals surface area contributed by atoms with Gasteiger partial charge in [0.05, 0.1) is 17.4 Å². The molecule has 7 nitrogen and oxygen atoms in total. The number of hydrogen-bond acceptors (Lipinski definition) is 6. The van der Waals surface area contributed by atoms with Gasteiger partial charge in [0.15, 0.2) is 17.3 Å². The third-order valence-electron chi connectivity index (χ3n) is 4.42. The second kappa shape index (κ2) is 5.13. The van der Waals surface area contributed by atoms with Crippen molar-refractivity contribution in [1.82, 2.24) is 19.9 Å². The Labute approximate surface area is 136 Å². The number of benzene rings is 1. The van der Waals surface area contributed by atoms with Crippen LogP contribution in [0.15, 0.2) is 28.9 Å². The van der Waals surface area contributed by atoms with Crippen LogP contribution in [-0.4, -0.2) is 25.0 Å². The first kappa shape index (κ1) is 14.8. The lowest BCUT2D eigenvalue weighted by Crippen LogP contribution is -2.44. The van der Waals surface area contributed by atoms with Gasteiger partial charge in [-0.05, 0) is 49.9 Å². The van der Waals surface area contributed by atoms with Crippen molar-refractivity contribution >= 4 is 0 Å². The highest BCUT2D eigenvalue weighted by molar-refractivity contribution is 5.57. The Morgan fingerprint density at radius 2 is 2.17 bits per heavy atom. The average Bonchev–Trinajstić information content (AvgIpc) is 3.11. The molecule has 1 saturated carbocycles. The van der Waals surface area contributed by atoms with E-state index in [1.165, 1.54) is 23.0 Å². The molecule has 2 heterocycles. The maximum Gasteiger partial charge on any atom is 0.282 e. The lowest BCUT2D eigenvalue weighted by Gasteiger charge is -2.34. The third kappa shape index (κ3) is 2.26. The molecular formula is C16H16FN5O2. The van der Waals surface area contributed by atoms with E-state index in [2.05, 4.69) is 15.2 Å². The van der Waals surface area contributed by atoms with Gasteiger partial charge in [-0.1, -0.05) is 5.16 Å². The van der Waals surface area contributed by atoms with Gasteiger partial charge in [0.25, 0.3) is 5.89 Å². The van der Waals surface area contributed by atoms with E-state index in [0.717, 1.165) is 19.3 Å². The molecule has 1 aliphatic rings. The van der Waals surface area contributed by atoms with E-state index in [-0.39, 0.29) is 23.2 Å². The fourth-order valence-corrected chi connectivity index (χ4v) is 2.82. The summed E-state index contributed by atoms with van der Waals surface area (Å²) in [4.78, 5) is 4.28. The Hall–Kier alpha value is -2.74. The van der Waals surface area contributed by atoms with Gasteiger partial charge < -0.3 is 15.4 Å². The van der Waals surface area contributed by atoms with E-state index in [9.17, 15) is 9.50 Å². The van der Waals surface area contributed by atoms with Crippen LogP contribution < -0.4 is 5.73 Å². The Balaban J connectivity index is 1.71. The molecule has 124 valence electrons. The van der Waals surface area contributed by atoms with Gasteiger partial charge in [0.2, 0.25) is 0 Å². The number of aromatic hydroxyl groups is 1. The molecule has 2 aromatic heterocycles. The van der Waals surface area contributed by atoms with E-state index in [1.54, 1.807) is 13.0 Å². The Kier molecular flexibility index (Phi) is 3.17. The zero-order valence-corrected chi connectivity index (χ0v) is 13.0. The van der Waals surface area contributed by atoms with Crippen molar-refractivity contribution in [3.8, 4) is 23.0 Å². The van der Waals surface area contributed by atoms with Crippen LogP contribution in [0.4, 0.5) is 4.39 Å². The monoisotopic (exact) mass is 329 g/mol. The third-order valence-corrected chi connectivity index (χ3v) is 4.42. The van der Waals surface area contributed by atoms with Crippen LogP contribution in [0.25, 0.3) is 17.3 Å². The molecule has 0 spiro atoms. The van der Waals surface area contributed by atoms with Crippen molar-refractivity contribution < 1.29 is 14.0 Å². The Morgan fingerprint density at radius 3 is 2.83 bits per heavy atom. The van der Waals surface area contributed by atoms with Gasteiger partial charge in [-0.2, -0.15) is 10.1 Å². The standard InChI is InChI=1S/C16H16FN5O2/c1-9-7-10(17)3-4-11(9)22-8-12(23)13(20-22)14-19-15(21-24-14)16(18)5-2-6-16/h3-4,7-8,23H,2,5-6,18H2,1H3. The fraction of sp³-hybridized carbons (Fsp3) is 0.312. The van der Waals surface area contributed by atoms with Crippen molar-refractivity contribution in [2.45, 2.75) is 31.7 Å². The number of nitrogens with two attached hydrogens (primary N) is 1. The Bertz CT molecular complexity index is 913. The highest BCUT2D eigenvalue weighted by atomic mass is 19.1. The maximum atomic E-state index is 13.2. The summed E-state index contributed by atoms with van der Waals surface area (Å²) in [7, 11) is 0. The first-order valence-electron chi connectivity index (χ1n) is 7.65. The predicted molar refractivity (Wildman–Crippen MR) is 82.9 cm³/mol. The Morgan fingerprint density at radius 1 is 1.38 bits per heavy atom. The summed E-state index contributed by atoms with van der Waals surface area (Å²) in [5.74, 6) is 0.102. The van der Waals surface area contributed by atoms with E-state index >= 15 is 0 Å². The quantitative estimate of drug-likeness (QED) is 0.765. The summed E-state index contributed by atoms with van der Waals surface area (Å²) >= 11 is 0. The van der Waals surface area contributed by atoms with Crippen LogP contribution in [0, 0.1) is 12.7 Å². The molecule has 0 unspecified atom stereocenters. The molecule has 0 radical (unpaired) electrons. The van der Waals surface area contributed by atoms with Crippen LogP contribution in [0.1, 0.15) is 30.7 Å². The number of halogens is 1. The smallest absolute Gasteiger partial charge is 0.282 e. The average molecular weight is 329 g/mol. The summed E-state index contributed by atoms with van der Waals surface area (Å²) in [6.45, 7) is 1.76. The minimum atomic E-state index is -0.548. The number of aromatic nitrogens is 4. The normalized spacial score (nSPS) is 16.1. The summed E-state index contributed by atoms with van der Waals surface area (Å²) in [6.07, 6.45) is 4.06. The maximum absolute atomic E-state index is 13.2. The molecular weight excluding hydrogens is 313 g/mol. The minimum absolute atomic E-state index is 0.103. The topological polar surface area (TPSA) is 103 Å². The molecule has 3 aromatic rings. The van der Waals surface area contributed by atoms with Crippen molar-refractivity contribution in [3.63, 3.8) is 0 Å². The van der Waals surface area contributed by atoms with Crippen LogP contribution in [-0.2, 0) is 5.54 Å². The minimum Gasteiger partial charge on any atom is -0.504 e. The van der Waals surface area contributed by atoms with Crippen LogP contribution in [0.3, 0.4) is 0 Å². The summed E-state index contributed by atoms with van der Waals surface area (Å²) < 4.78 is 19.9.